The second-order valence-electron chi connectivity index (χ2n) is 7.08. The number of carbonyl (C=O) groups excluding carboxylic acids is 2. The maximum atomic E-state index is 12.5. The number of nitrogens with zero attached hydrogens (tertiary/aromatic N) is 1. The van der Waals surface area contributed by atoms with Crippen LogP contribution in [0.1, 0.15) is 48.9 Å². The number of nitrogens with one attached hydrogen (secondary N) is 2. The summed E-state index contributed by atoms with van der Waals surface area (Å²) in [6, 6.07) is 7.36. The Bertz CT molecular complexity index is 614. The predicted octanol–water partition coefficient (Wildman–Crippen LogP) is 1.75. The first kappa shape index (κ1) is 17.9. The van der Waals surface area contributed by atoms with Crippen LogP contribution in [0.15, 0.2) is 24.3 Å². The highest BCUT2D eigenvalue weighted by Crippen LogP contribution is 2.20. The maximum absolute atomic E-state index is 12.5. The molecule has 6 nitrogen and oxygen atoms in total. The lowest BCUT2D eigenvalue weighted by atomic mass is 10.1. The topological polar surface area (TPSA) is 81.7 Å². The standard InChI is InChI=1S/C19H27N3O3/c23-15-8-5-11-22(12-15)13-18(24)21-17-10-4-3-9-16(17)19(25)20-14-6-1-2-7-14/h3-4,9-10,14-15,23H,1-2,5-8,11-13H2,(H,20,25)(H,21,24). The molecule has 1 heterocycles. The number of benzene rings is 1. The van der Waals surface area contributed by atoms with Gasteiger partial charge in [-0.1, -0.05) is 25.0 Å². The van der Waals surface area contributed by atoms with Crippen LogP contribution in [0.4, 0.5) is 5.69 Å². The van der Waals surface area contributed by atoms with Crippen LogP contribution in [0.5, 0.6) is 0 Å². The molecule has 1 atom stereocenters. The zero-order valence-corrected chi connectivity index (χ0v) is 14.5. The number of hydrogen-bond donors (Lipinski definition) is 3. The second kappa shape index (κ2) is 8.45. The van der Waals surface area contributed by atoms with Gasteiger partial charge >= 0.3 is 0 Å². The molecular formula is C19H27N3O3. The molecule has 0 spiro atoms. The Morgan fingerprint density at radius 3 is 2.64 bits per heavy atom. The Morgan fingerprint density at radius 2 is 1.88 bits per heavy atom. The van der Waals surface area contributed by atoms with Crippen LogP contribution < -0.4 is 10.6 Å². The molecule has 1 aromatic rings. The Balaban J connectivity index is 1.59. The fourth-order valence-electron chi connectivity index (χ4n) is 3.69. The quantitative estimate of drug-likeness (QED) is 0.759. The zero-order valence-electron chi connectivity index (χ0n) is 14.5. The van der Waals surface area contributed by atoms with Crippen molar-refractivity contribution in [3.8, 4) is 0 Å². The molecule has 1 saturated carbocycles. The van der Waals surface area contributed by atoms with Crippen LogP contribution in [-0.4, -0.2) is 53.6 Å². The molecule has 2 fully saturated rings. The molecular weight excluding hydrogens is 318 g/mol. The van der Waals surface area contributed by atoms with E-state index in [1.165, 1.54) is 0 Å². The first-order valence-corrected chi connectivity index (χ1v) is 9.22. The minimum absolute atomic E-state index is 0.129. The number of likely N-dealkylation sites (tertiary alicyclic amines) is 1. The molecule has 3 N–H and O–H groups in total. The molecule has 0 aromatic heterocycles. The molecule has 1 saturated heterocycles. The van der Waals surface area contributed by atoms with Gasteiger partial charge in [0.05, 0.1) is 23.9 Å². The van der Waals surface area contributed by atoms with Gasteiger partial charge in [-0.2, -0.15) is 0 Å². The van der Waals surface area contributed by atoms with Gasteiger partial charge in [-0.3, -0.25) is 14.5 Å². The summed E-state index contributed by atoms with van der Waals surface area (Å²) in [6.45, 7) is 1.57. The summed E-state index contributed by atoms with van der Waals surface area (Å²) in [5.41, 5.74) is 1.04. The largest absolute Gasteiger partial charge is 0.392 e. The smallest absolute Gasteiger partial charge is 0.253 e. The van der Waals surface area contributed by atoms with Gasteiger partial charge < -0.3 is 15.7 Å². The van der Waals surface area contributed by atoms with Crippen LogP contribution in [0, 0.1) is 0 Å². The molecule has 136 valence electrons. The van der Waals surface area contributed by atoms with E-state index < -0.39 is 0 Å². The number of aliphatic hydroxyl groups is 1. The second-order valence-corrected chi connectivity index (χ2v) is 7.08. The third-order valence-corrected chi connectivity index (χ3v) is 4.98. The van der Waals surface area contributed by atoms with Gasteiger partial charge in [0.1, 0.15) is 0 Å². The van der Waals surface area contributed by atoms with Crippen molar-refractivity contribution in [1.82, 2.24) is 10.2 Å². The van der Waals surface area contributed by atoms with E-state index in [0.29, 0.717) is 17.8 Å². The van der Waals surface area contributed by atoms with Crippen LogP contribution in [0.3, 0.4) is 0 Å². The van der Waals surface area contributed by atoms with Crippen LogP contribution in [0.2, 0.25) is 0 Å². The van der Waals surface area contributed by atoms with E-state index in [2.05, 4.69) is 10.6 Å². The number of aliphatic hydroxyl groups excluding tert-OH is 1. The Kier molecular flexibility index (Phi) is 6.04. The van der Waals surface area contributed by atoms with E-state index in [9.17, 15) is 14.7 Å². The third-order valence-electron chi connectivity index (χ3n) is 4.98. The summed E-state index contributed by atoms with van der Waals surface area (Å²) < 4.78 is 0. The van der Waals surface area contributed by atoms with Crippen molar-refractivity contribution >= 4 is 17.5 Å². The molecule has 1 aromatic carbocycles. The summed E-state index contributed by atoms with van der Waals surface area (Å²) >= 11 is 0. The summed E-state index contributed by atoms with van der Waals surface area (Å²) in [7, 11) is 0. The van der Waals surface area contributed by atoms with E-state index in [1.807, 2.05) is 11.0 Å². The number of amides is 2. The van der Waals surface area contributed by atoms with Gasteiger partial charge in [0, 0.05) is 12.6 Å². The SMILES string of the molecule is O=C(CN1CCCC(O)C1)Nc1ccccc1C(=O)NC1CCCC1. The molecule has 2 amide bonds. The fraction of sp³-hybridized carbons (Fsp3) is 0.579. The van der Waals surface area contributed by atoms with E-state index in [1.54, 1.807) is 18.2 Å². The molecule has 0 bridgehead atoms. The van der Waals surface area contributed by atoms with Crippen molar-refractivity contribution in [1.29, 1.82) is 0 Å². The lowest BCUT2D eigenvalue weighted by Crippen LogP contribution is -2.42. The lowest BCUT2D eigenvalue weighted by Gasteiger charge is -2.29. The molecule has 25 heavy (non-hydrogen) atoms. The Labute approximate surface area is 148 Å². The van der Waals surface area contributed by atoms with Gasteiger partial charge in [0.15, 0.2) is 0 Å². The highest BCUT2D eigenvalue weighted by Gasteiger charge is 2.22. The predicted molar refractivity (Wildman–Crippen MR) is 96.5 cm³/mol. The third kappa shape index (κ3) is 5.03. The molecule has 1 unspecified atom stereocenters. The van der Waals surface area contributed by atoms with E-state index >= 15 is 0 Å². The summed E-state index contributed by atoms with van der Waals surface area (Å²) in [6.07, 6.45) is 5.70. The van der Waals surface area contributed by atoms with Gasteiger partial charge in [-0.15, -0.1) is 0 Å². The lowest BCUT2D eigenvalue weighted by molar-refractivity contribution is -0.118. The van der Waals surface area contributed by atoms with Crippen molar-refractivity contribution in [3.05, 3.63) is 29.8 Å². The molecule has 3 rings (SSSR count). The van der Waals surface area contributed by atoms with Gasteiger partial charge in [0.25, 0.3) is 5.91 Å². The first-order chi connectivity index (χ1) is 12.1. The summed E-state index contributed by atoms with van der Waals surface area (Å²) in [5.74, 6) is -0.286. The van der Waals surface area contributed by atoms with Crippen molar-refractivity contribution in [2.24, 2.45) is 0 Å². The number of anilines is 1. The molecule has 0 radical (unpaired) electrons. The van der Waals surface area contributed by atoms with Crippen molar-refractivity contribution in [2.45, 2.75) is 50.7 Å². The Hall–Kier alpha value is -1.92. The van der Waals surface area contributed by atoms with E-state index in [-0.39, 0.29) is 30.5 Å². The number of rotatable bonds is 5. The van der Waals surface area contributed by atoms with Gasteiger partial charge in [0.2, 0.25) is 5.91 Å². The molecule has 1 aliphatic heterocycles. The van der Waals surface area contributed by atoms with Gasteiger partial charge in [-0.05, 0) is 44.4 Å². The number of β-amino-alcohol motifs (C(OH)–C–C–N with tert-alkyl or cyclic N) is 1. The normalized spacial score (nSPS) is 21.9. The minimum atomic E-state index is -0.356. The summed E-state index contributed by atoms with van der Waals surface area (Å²) in [5, 5.41) is 15.6. The number of hydrogen-bond acceptors (Lipinski definition) is 4. The molecule has 1 aliphatic carbocycles. The average Bonchev–Trinajstić information content (AvgIpc) is 3.08. The van der Waals surface area contributed by atoms with Crippen LogP contribution in [0.25, 0.3) is 0 Å². The van der Waals surface area contributed by atoms with Crippen molar-refractivity contribution in [2.75, 3.05) is 25.0 Å². The first-order valence-electron chi connectivity index (χ1n) is 9.22. The Morgan fingerprint density at radius 1 is 1.12 bits per heavy atom. The minimum Gasteiger partial charge on any atom is -0.392 e. The van der Waals surface area contributed by atoms with E-state index in [0.717, 1.165) is 45.1 Å². The highest BCUT2D eigenvalue weighted by atomic mass is 16.3. The average molecular weight is 345 g/mol. The fourth-order valence-corrected chi connectivity index (χ4v) is 3.69. The van der Waals surface area contributed by atoms with E-state index in [4.69, 9.17) is 0 Å². The maximum Gasteiger partial charge on any atom is 0.253 e. The van der Waals surface area contributed by atoms with Crippen molar-refractivity contribution in [3.63, 3.8) is 0 Å². The monoisotopic (exact) mass is 345 g/mol. The van der Waals surface area contributed by atoms with Crippen LogP contribution >= 0.6 is 0 Å². The number of para-hydroxylation sites is 1. The molecule has 6 heteroatoms. The highest BCUT2D eigenvalue weighted by molar-refractivity contribution is 6.04. The van der Waals surface area contributed by atoms with Crippen LogP contribution in [-0.2, 0) is 4.79 Å². The summed E-state index contributed by atoms with van der Waals surface area (Å²) in [4.78, 5) is 26.8. The van der Waals surface area contributed by atoms with Crippen molar-refractivity contribution < 1.29 is 14.7 Å². The number of piperidine rings is 1. The van der Waals surface area contributed by atoms with Gasteiger partial charge in [-0.25, -0.2) is 0 Å². The molecule has 2 aliphatic rings. The number of carbonyl (C=O) groups is 2. The zero-order chi connectivity index (χ0) is 17.6.